The predicted octanol–water partition coefficient (Wildman–Crippen LogP) is -0.245. The molecule has 1 aliphatic rings. The number of carbonyl (C=O) groups is 2. The maximum atomic E-state index is 10.6. The normalized spacial score (nSPS) is 33.8. The molecular weight excluding hydrogens is 174 g/mol. The monoisotopic (exact) mass is 187 g/mol. The van der Waals surface area contributed by atoms with Gasteiger partial charge >= 0.3 is 11.9 Å². The van der Waals surface area contributed by atoms with Crippen LogP contribution >= 0.6 is 0 Å². The molecule has 0 heterocycles. The molecule has 74 valence electrons. The van der Waals surface area contributed by atoms with Gasteiger partial charge in [0.1, 0.15) is 6.04 Å². The molecule has 5 nitrogen and oxygen atoms in total. The highest BCUT2D eigenvalue weighted by molar-refractivity contribution is 5.80. The first-order valence-corrected chi connectivity index (χ1v) is 4.21. The van der Waals surface area contributed by atoms with Gasteiger partial charge in [-0.05, 0) is 5.92 Å². The summed E-state index contributed by atoms with van der Waals surface area (Å²) < 4.78 is 0. The summed E-state index contributed by atoms with van der Waals surface area (Å²) in [5.74, 6) is -3.07. The van der Waals surface area contributed by atoms with Gasteiger partial charge in [-0.25, -0.2) is 0 Å². The van der Waals surface area contributed by atoms with Crippen LogP contribution in [0.1, 0.15) is 13.3 Å². The van der Waals surface area contributed by atoms with Crippen LogP contribution in [-0.4, -0.2) is 28.2 Å². The molecule has 13 heavy (non-hydrogen) atoms. The Morgan fingerprint density at radius 2 is 2.00 bits per heavy atom. The van der Waals surface area contributed by atoms with E-state index in [0.29, 0.717) is 6.42 Å². The van der Waals surface area contributed by atoms with E-state index in [1.54, 1.807) is 0 Å². The third-order valence-electron chi connectivity index (χ3n) is 2.69. The lowest BCUT2D eigenvalue weighted by atomic mass is 10.1. The Morgan fingerprint density at radius 3 is 2.23 bits per heavy atom. The van der Waals surface area contributed by atoms with E-state index in [1.807, 2.05) is 6.92 Å². The summed E-state index contributed by atoms with van der Waals surface area (Å²) in [4.78, 5) is 21.1. The fourth-order valence-electron chi connectivity index (χ4n) is 1.93. The third kappa shape index (κ3) is 1.65. The summed E-state index contributed by atoms with van der Waals surface area (Å²) in [7, 11) is 0. The van der Waals surface area contributed by atoms with Crippen LogP contribution in [0, 0.1) is 17.8 Å². The molecule has 0 spiro atoms. The molecule has 1 saturated carbocycles. The summed E-state index contributed by atoms with van der Waals surface area (Å²) in [6.45, 7) is 1.84. The van der Waals surface area contributed by atoms with Crippen molar-refractivity contribution in [2.75, 3.05) is 0 Å². The Kier molecular flexibility index (Phi) is 2.56. The molecule has 0 aromatic carbocycles. The first kappa shape index (κ1) is 9.98. The van der Waals surface area contributed by atoms with Crippen molar-refractivity contribution in [3.05, 3.63) is 0 Å². The number of hydrogen-bond acceptors (Lipinski definition) is 3. The number of aliphatic carboxylic acids is 2. The second-order valence-electron chi connectivity index (χ2n) is 3.38. The molecule has 0 unspecified atom stereocenters. The van der Waals surface area contributed by atoms with Crippen molar-refractivity contribution in [2.45, 2.75) is 19.4 Å². The van der Waals surface area contributed by atoms with E-state index < -0.39 is 23.9 Å². The number of nitrogens with two attached hydrogens (primary N) is 1. The minimum absolute atomic E-state index is 0.0661. The summed E-state index contributed by atoms with van der Waals surface area (Å²) in [5, 5.41) is 17.3. The van der Waals surface area contributed by atoms with Gasteiger partial charge in [-0.3, -0.25) is 9.59 Å². The lowest BCUT2D eigenvalue weighted by Crippen LogP contribution is -2.34. The molecule has 0 saturated heterocycles. The van der Waals surface area contributed by atoms with Gasteiger partial charge in [-0.2, -0.15) is 0 Å². The van der Waals surface area contributed by atoms with Crippen LogP contribution < -0.4 is 5.73 Å². The highest BCUT2D eigenvalue weighted by Crippen LogP contribution is 2.50. The van der Waals surface area contributed by atoms with Gasteiger partial charge in [0.15, 0.2) is 0 Å². The van der Waals surface area contributed by atoms with Crippen LogP contribution in [-0.2, 0) is 9.59 Å². The topological polar surface area (TPSA) is 101 Å². The molecular formula is C8H13NO4. The van der Waals surface area contributed by atoms with Crippen molar-refractivity contribution in [3.63, 3.8) is 0 Å². The lowest BCUT2D eigenvalue weighted by Gasteiger charge is -2.03. The average Bonchev–Trinajstić information content (AvgIpc) is 2.76. The Morgan fingerprint density at radius 1 is 1.46 bits per heavy atom. The Bertz CT molecular complexity index is 240. The number of carboxylic acid groups (broad SMARTS) is 2. The van der Waals surface area contributed by atoms with Gasteiger partial charge in [-0.1, -0.05) is 13.3 Å². The third-order valence-corrected chi connectivity index (χ3v) is 2.69. The van der Waals surface area contributed by atoms with Gasteiger partial charge in [0.25, 0.3) is 0 Å². The van der Waals surface area contributed by atoms with Crippen LogP contribution in [0.25, 0.3) is 0 Å². The number of hydrogen-bond donors (Lipinski definition) is 3. The first-order chi connectivity index (χ1) is 6.00. The smallest absolute Gasteiger partial charge is 0.320 e. The second-order valence-corrected chi connectivity index (χ2v) is 3.38. The van der Waals surface area contributed by atoms with E-state index in [-0.39, 0.29) is 11.8 Å². The molecule has 0 radical (unpaired) electrons. The molecule has 4 atom stereocenters. The molecule has 1 aliphatic carbocycles. The molecule has 0 aliphatic heterocycles. The lowest BCUT2D eigenvalue weighted by molar-refractivity contribution is -0.140. The van der Waals surface area contributed by atoms with Crippen molar-refractivity contribution in [2.24, 2.45) is 23.5 Å². The molecule has 0 aromatic rings. The molecule has 4 N–H and O–H groups in total. The van der Waals surface area contributed by atoms with E-state index in [4.69, 9.17) is 15.9 Å². The Labute approximate surface area is 75.5 Å². The highest BCUT2D eigenvalue weighted by Gasteiger charge is 2.58. The van der Waals surface area contributed by atoms with Gasteiger partial charge in [-0.15, -0.1) is 0 Å². The molecule has 0 amide bonds. The highest BCUT2D eigenvalue weighted by atomic mass is 16.4. The van der Waals surface area contributed by atoms with E-state index in [0.717, 1.165) is 0 Å². The maximum absolute atomic E-state index is 10.6. The van der Waals surface area contributed by atoms with E-state index in [1.165, 1.54) is 0 Å². The van der Waals surface area contributed by atoms with Crippen LogP contribution in [0.15, 0.2) is 0 Å². The van der Waals surface area contributed by atoms with Gasteiger partial charge < -0.3 is 15.9 Å². The van der Waals surface area contributed by atoms with Crippen LogP contribution in [0.5, 0.6) is 0 Å². The van der Waals surface area contributed by atoms with Gasteiger partial charge in [0, 0.05) is 5.92 Å². The van der Waals surface area contributed by atoms with Crippen LogP contribution in [0.4, 0.5) is 0 Å². The fourth-order valence-corrected chi connectivity index (χ4v) is 1.93. The zero-order chi connectivity index (χ0) is 10.2. The van der Waals surface area contributed by atoms with Gasteiger partial charge in [0.2, 0.25) is 0 Å². The Hall–Kier alpha value is -1.10. The van der Waals surface area contributed by atoms with E-state index in [9.17, 15) is 9.59 Å². The van der Waals surface area contributed by atoms with Crippen molar-refractivity contribution in [3.8, 4) is 0 Å². The standard InChI is InChI=1S/C8H13NO4/c1-2-3-4(5(3)7(10)11)6(9)8(12)13/h3-6H,2,9H2,1H3,(H,10,11)(H,12,13)/t3-,4+,5+,6-/m1/s1. The quantitative estimate of drug-likeness (QED) is 0.563. The SMILES string of the molecule is CC[C@H]1[C@H](C(=O)O)[C@H]1[C@@H](N)C(=O)O. The predicted molar refractivity (Wildman–Crippen MR) is 44.0 cm³/mol. The van der Waals surface area contributed by atoms with Crippen molar-refractivity contribution in [1.82, 2.24) is 0 Å². The summed E-state index contributed by atoms with van der Waals surface area (Å²) in [6, 6.07) is -1.04. The molecule has 0 bridgehead atoms. The van der Waals surface area contributed by atoms with Crippen molar-refractivity contribution >= 4 is 11.9 Å². The van der Waals surface area contributed by atoms with Gasteiger partial charge in [0.05, 0.1) is 5.92 Å². The van der Waals surface area contributed by atoms with Crippen molar-refractivity contribution < 1.29 is 19.8 Å². The molecule has 5 heteroatoms. The Balaban J connectivity index is 2.63. The first-order valence-electron chi connectivity index (χ1n) is 4.21. The van der Waals surface area contributed by atoms with E-state index in [2.05, 4.69) is 0 Å². The minimum Gasteiger partial charge on any atom is -0.481 e. The van der Waals surface area contributed by atoms with Crippen molar-refractivity contribution in [1.29, 1.82) is 0 Å². The number of rotatable bonds is 4. The van der Waals surface area contributed by atoms with E-state index >= 15 is 0 Å². The van der Waals surface area contributed by atoms with Crippen LogP contribution in [0.3, 0.4) is 0 Å². The molecule has 1 fully saturated rings. The summed E-state index contributed by atoms with van der Waals surface area (Å²) >= 11 is 0. The minimum atomic E-state index is -1.12. The summed E-state index contributed by atoms with van der Waals surface area (Å²) in [5.41, 5.74) is 5.35. The largest absolute Gasteiger partial charge is 0.481 e. The molecule has 1 rings (SSSR count). The zero-order valence-electron chi connectivity index (χ0n) is 7.30. The maximum Gasteiger partial charge on any atom is 0.320 e. The molecule has 0 aromatic heterocycles. The second kappa shape index (κ2) is 3.33. The average molecular weight is 187 g/mol. The fraction of sp³-hybridized carbons (Fsp3) is 0.750. The summed E-state index contributed by atoms with van der Waals surface area (Å²) in [6.07, 6.45) is 0.669. The zero-order valence-corrected chi connectivity index (χ0v) is 7.30. The van der Waals surface area contributed by atoms with Crippen LogP contribution in [0.2, 0.25) is 0 Å². The number of carboxylic acids is 2.